The van der Waals surface area contributed by atoms with Crippen LogP contribution in [0, 0.1) is 13.8 Å². The van der Waals surface area contributed by atoms with Gasteiger partial charge in [0, 0.05) is 48.5 Å². The second-order valence-electron chi connectivity index (χ2n) is 3.87. The van der Waals surface area contributed by atoms with E-state index in [2.05, 4.69) is 47.2 Å². The van der Waals surface area contributed by atoms with Crippen molar-refractivity contribution in [1.29, 1.82) is 0 Å². The molecule has 6 heteroatoms. The van der Waals surface area contributed by atoms with Gasteiger partial charge in [-0.1, -0.05) is 30.3 Å². The lowest BCUT2D eigenvalue weighted by Crippen LogP contribution is -2.05. The lowest BCUT2D eigenvalue weighted by atomic mass is 10.2. The number of nitrogen functional groups attached to an aromatic ring is 1. The van der Waals surface area contributed by atoms with E-state index in [1.54, 1.807) is 0 Å². The number of nitrogens with zero attached hydrogens (tertiary/aromatic N) is 2. The van der Waals surface area contributed by atoms with Gasteiger partial charge in [0.05, 0.1) is 0 Å². The van der Waals surface area contributed by atoms with Gasteiger partial charge in [-0.05, 0) is 19.4 Å². The fraction of sp³-hybridized carbons (Fsp3) is 0.231. The molecule has 1 heterocycles. The maximum Gasteiger partial charge on any atom is 0.223 e. The summed E-state index contributed by atoms with van der Waals surface area (Å²) in [5.74, 6) is 0.801. The first-order valence-electron chi connectivity index (χ1n) is 5.58. The van der Waals surface area contributed by atoms with Gasteiger partial charge >= 0.3 is 0 Å². The number of benzene rings is 1. The summed E-state index contributed by atoms with van der Waals surface area (Å²) in [7, 11) is 0. The minimum absolute atomic E-state index is 0.246. The quantitative estimate of drug-likeness (QED) is 0.671. The zero-order chi connectivity index (χ0) is 14.3. The van der Waals surface area contributed by atoms with Gasteiger partial charge < -0.3 is 10.5 Å². The van der Waals surface area contributed by atoms with Gasteiger partial charge in [-0.15, -0.1) is 0 Å². The van der Waals surface area contributed by atoms with E-state index in [-0.39, 0.29) is 5.95 Å². The monoisotopic (exact) mass is 483 g/mol. The summed E-state index contributed by atoms with van der Waals surface area (Å²) in [4.78, 5) is 8.17. The molecule has 0 aliphatic carbocycles. The van der Waals surface area contributed by atoms with E-state index in [1.807, 2.05) is 44.2 Å². The maximum atomic E-state index is 5.65. The van der Waals surface area contributed by atoms with Crippen molar-refractivity contribution in [2.45, 2.75) is 20.5 Å². The lowest BCUT2D eigenvalue weighted by molar-refractivity contribution is 0.291. The molecule has 4 nitrogen and oxygen atoms in total. The van der Waals surface area contributed by atoms with Crippen molar-refractivity contribution in [3.8, 4) is 5.88 Å². The average molecular weight is 483 g/mol. The first kappa shape index (κ1) is 16.4. The first-order valence-corrected chi connectivity index (χ1v) is 11.9. The summed E-state index contributed by atoms with van der Waals surface area (Å²) >= 11 is 4.24. The van der Waals surface area contributed by atoms with Gasteiger partial charge in [-0.2, -0.15) is 4.98 Å². The molecule has 0 amide bonds. The topological polar surface area (TPSA) is 61.0 Å². The second kappa shape index (κ2) is 8.51. The van der Waals surface area contributed by atoms with Crippen molar-refractivity contribution in [2.75, 3.05) is 5.73 Å². The van der Waals surface area contributed by atoms with Crippen LogP contribution >= 0.6 is 37.2 Å². The third-order valence-electron chi connectivity index (χ3n) is 2.58. The van der Waals surface area contributed by atoms with E-state index in [1.165, 1.54) is 0 Å². The van der Waals surface area contributed by atoms with Crippen LogP contribution in [0.15, 0.2) is 30.3 Å². The molecular weight excluding hydrogens is 468 g/mol. The fourth-order valence-electron chi connectivity index (χ4n) is 1.49. The third kappa shape index (κ3) is 5.09. The predicted octanol–water partition coefficient (Wildman–Crippen LogP) is 4.03. The number of aryl methyl sites for hydroxylation is 1. The molecule has 1 aromatic carbocycles. The van der Waals surface area contributed by atoms with Gasteiger partial charge in [-0.3, -0.25) is 0 Å². The van der Waals surface area contributed by atoms with Crippen molar-refractivity contribution in [1.82, 2.24) is 9.97 Å². The van der Waals surface area contributed by atoms with Crippen LogP contribution in [0.3, 0.4) is 0 Å². The van der Waals surface area contributed by atoms with E-state index in [4.69, 9.17) is 10.5 Å². The summed E-state index contributed by atoms with van der Waals surface area (Å²) in [6, 6.07) is 9.94. The number of rotatable bonds is 3. The van der Waals surface area contributed by atoms with Crippen LogP contribution < -0.4 is 10.5 Å². The van der Waals surface area contributed by atoms with Crippen LogP contribution in [0.5, 0.6) is 5.88 Å². The number of hydrogen-bond donors (Lipinski definition) is 1. The number of hydrogen-bond acceptors (Lipinski definition) is 4. The highest BCUT2D eigenvalue weighted by atomic mass is 128. The number of aromatic nitrogens is 2. The number of anilines is 1. The summed E-state index contributed by atoms with van der Waals surface area (Å²) in [5, 5.41) is 0. The molecule has 1 aromatic heterocycles. The summed E-state index contributed by atoms with van der Waals surface area (Å²) in [6.45, 7) is 4.30. The molecule has 0 aliphatic heterocycles. The van der Waals surface area contributed by atoms with Gasteiger partial charge in [0.2, 0.25) is 11.8 Å². The summed E-state index contributed by atoms with van der Waals surface area (Å²) in [5.41, 5.74) is 8.47. The van der Waals surface area contributed by atoms with Crippen molar-refractivity contribution < 1.29 is 4.74 Å². The molecule has 0 bridgehead atoms. The molecule has 0 aliphatic rings. The molecule has 0 atom stereocenters. The van der Waals surface area contributed by atoms with Crippen LogP contribution in [0.25, 0.3) is 0 Å². The Labute approximate surface area is 136 Å². The molecule has 2 rings (SSSR count). The summed E-state index contributed by atoms with van der Waals surface area (Å²) < 4.78 is 5.65. The number of nitrogens with two attached hydrogens (primary N) is 1. The van der Waals surface area contributed by atoms with Crippen molar-refractivity contribution >= 4 is 43.2 Å². The van der Waals surface area contributed by atoms with Gasteiger partial charge in [-0.25, -0.2) is 4.98 Å². The molecule has 0 saturated heterocycles. The maximum absolute atomic E-state index is 5.65. The molecule has 0 spiro atoms. The molecule has 0 radical (unpaired) electrons. The van der Waals surface area contributed by atoms with Crippen molar-refractivity contribution in [3.63, 3.8) is 0 Å². The van der Waals surface area contributed by atoms with Gasteiger partial charge in [0.15, 0.2) is 0 Å². The number of ether oxygens (including phenoxy) is 1. The Hall–Kier alpha value is -0.640. The second-order valence-corrected chi connectivity index (χ2v) is 3.87. The number of halogens is 2. The molecule has 2 N–H and O–H groups in total. The lowest BCUT2D eigenvalue weighted by Gasteiger charge is -2.10. The van der Waals surface area contributed by atoms with Crippen LogP contribution in [0.2, 0.25) is 0 Å². The van der Waals surface area contributed by atoms with Crippen molar-refractivity contribution in [2.24, 2.45) is 0 Å². The van der Waals surface area contributed by atoms with Gasteiger partial charge in [0.1, 0.15) is 6.61 Å². The average Bonchev–Trinajstić information content (AvgIpc) is 2.44. The SMILES string of the molecule is Cc1nc(N)nc(OCc2ccccc2)c1C.II. The Morgan fingerprint density at radius 1 is 1.11 bits per heavy atom. The highest BCUT2D eigenvalue weighted by molar-refractivity contribution is 15.0. The zero-order valence-electron chi connectivity index (χ0n) is 10.7. The highest BCUT2D eigenvalue weighted by Gasteiger charge is 2.07. The molecule has 0 unspecified atom stereocenters. The van der Waals surface area contributed by atoms with E-state index in [9.17, 15) is 0 Å². The smallest absolute Gasteiger partial charge is 0.223 e. The zero-order valence-corrected chi connectivity index (χ0v) is 15.0. The predicted molar refractivity (Wildman–Crippen MR) is 94.7 cm³/mol. The van der Waals surface area contributed by atoms with Crippen LogP contribution in [-0.4, -0.2) is 9.97 Å². The standard InChI is InChI=1S/C13H15N3O.I2/c1-9-10(2)15-13(14)16-12(9)17-8-11-6-4-3-5-7-11;1-2/h3-7H,8H2,1-2H3,(H2,14,15,16);. The minimum Gasteiger partial charge on any atom is -0.472 e. The molecule has 102 valence electrons. The summed E-state index contributed by atoms with van der Waals surface area (Å²) in [6.07, 6.45) is 0. The van der Waals surface area contributed by atoms with Crippen LogP contribution in [0.4, 0.5) is 5.95 Å². The van der Waals surface area contributed by atoms with Crippen LogP contribution in [0.1, 0.15) is 16.8 Å². The molecular formula is C13H15I2N3O. The Morgan fingerprint density at radius 3 is 2.37 bits per heavy atom. The highest BCUT2D eigenvalue weighted by Crippen LogP contribution is 2.19. The first-order chi connectivity index (χ1) is 9.16. The van der Waals surface area contributed by atoms with Crippen LogP contribution in [-0.2, 0) is 6.61 Å². The van der Waals surface area contributed by atoms with Crippen molar-refractivity contribution in [3.05, 3.63) is 47.2 Å². The van der Waals surface area contributed by atoms with E-state index < -0.39 is 0 Å². The Bertz CT molecular complexity index is 521. The Morgan fingerprint density at radius 2 is 1.74 bits per heavy atom. The van der Waals surface area contributed by atoms with E-state index >= 15 is 0 Å². The largest absolute Gasteiger partial charge is 0.472 e. The molecule has 0 saturated carbocycles. The fourth-order valence-corrected chi connectivity index (χ4v) is 1.49. The van der Waals surface area contributed by atoms with Gasteiger partial charge in [0.25, 0.3) is 0 Å². The minimum atomic E-state index is 0.246. The van der Waals surface area contributed by atoms with E-state index in [0.29, 0.717) is 12.5 Å². The molecule has 19 heavy (non-hydrogen) atoms. The normalized spacial score (nSPS) is 9.47. The van der Waals surface area contributed by atoms with E-state index in [0.717, 1.165) is 16.8 Å². The Balaban J connectivity index is 0.000000861. The molecule has 0 fully saturated rings. The Kier molecular flexibility index (Phi) is 7.36. The molecule has 2 aromatic rings. The third-order valence-corrected chi connectivity index (χ3v) is 2.58.